The Morgan fingerprint density at radius 1 is 0.380 bits per heavy atom. The van der Waals surface area contributed by atoms with Gasteiger partial charge in [-0.1, -0.05) is 170 Å². The van der Waals surface area contributed by atoms with Gasteiger partial charge in [0.2, 0.25) is 0 Å². The first-order chi connectivity index (χ1) is 37.3. The molecule has 6 heteroatoms. The lowest BCUT2D eigenvalue weighted by molar-refractivity contribution is 0.673. The molecular weight excluding hydrogens is 885 g/mol. The van der Waals surface area contributed by atoms with Crippen molar-refractivity contribution in [2.75, 3.05) is 4.90 Å². The number of thiophene rings is 1. The monoisotopic (exact) mass is 929 g/mol. The van der Waals surface area contributed by atoms with Crippen LogP contribution < -0.4 is 4.90 Å². The summed E-state index contributed by atoms with van der Waals surface area (Å²) in [6.45, 7) is 0. The first kappa shape index (κ1) is 35.8. The molecule has 14 rings (SSSR count). The van der Waals surface area contributed by atoms with Crippen LogP contribution in [0.1, 0.15) is 6.85 Å². The Morgan fingerprint density at radius 3 is 1.86 bits per heavy atom. The number of rotatable bonds is 8. The fourth-order valence-corrected chi connectivity index (χ4v) is 11.3. The molecule has 3 aromatic heterocycles. The van der Waals surface area contributed by atoms with Crippen LogP contribution in [0.4, 0.5) is 17.1 Å². The highest BCUT2D eigenvalue weighted by Crippen LogP contribution is 2.44. The summed E-state index contributed by atoms with van der Waals surface area (Å²) < 4.78 is 52.7. The maximum atomic E-state index is 9.05. The molecule has 332 valence electrons. The van der Waals surface area contributed by atoms with Crippen LogP contribution in [0.25, 0.3) is 120 Å². The molecule has 0 aliphatic carbocycles. The van der Waals surface area contributed by atoms with E-state index >= 15 is 0 Å². The van der Waals surface area contributed by atoms with E-state index in [4.69, 9.17) is 26.2 Å². The van der Waals surface area contributed by atoms with E-state index in [1.165, 1.54) is 16.3 Å². The van der Waals surface area contributed by atoms with E-state index in [-0.39, 0.29) is 17.8 Å². The first-order valence-corrected chi connectivity index (χ1v) is 24.2. The maximum absolute atomic E-state index is 9.05. The third kappa shape index (κ3) is 7.03. The number of furan rings is 1. The number of benzene rings is 11. The van der Waals surface area contributed by atoms with E-state index < -0.39 is 18.1 Å². The predicted molar refractivity (Wildman–Crippen MR) is 297 cm³/mol. The van der Waals surface area contributed by atoms with Crippen molar-refractivity contribution >= 4 is 92.1 Å². The summed E-state index contributed by atoms with van der Waals surface area (Å²) in [6, 6.07) is 69.9. The maximum Gasteiger partial charge on any atom is 0.165 e. The molecule has 0 atom stereocenters. The van der Waals surface area contributed by atoms with Crippen LogP contribution in [0.15, 0.2) is 247 Å². The Labute approximate surface area is 420 Å². The van der Waals surface area contributed by atoms with Crippen molar-refractivity contribution in [1.29, 1.82) is 0 Å². The summed E-state index contributed by atoms with van der Waals surface area (Å²) in [4.78, 5) is 17.5. The Kier molecular flexibility index (Phi) is 8.47. The van der Waals surface area contributed by atoms with Crippen LogP contribution >= 0.6 is 11.3 Å². The average Bonchev–Trinajstić information content (AvgIpc) is 4.06. The molecular formula is C65H40N4OS. The van der Waals surface area contributed by atoms with Gasteiger partial charge in [0.05, 0.1) is 6.85 Å². The van der Waals surface area contributed by atoms with E-state index in [9.17, 15) is 0 Å². The molecule has 0 unspecified atom stereocenters. The highest BCUT2D eigenvalue weighted by molar-refractivity contribution is 7.26. The minimum Gasteiger partial charge on any atom is -0.455 e. The highest BCUT2D eigenvalue weighted by atomic mass is 32.1. The second-order valence-corrected chi connectivity index (χ2v) is 18.6. The average molecular weight is 930 g/mol. The summed E-state index contributed by atoms with van der Waals surface area (Å²) in [5, 5.41) is 8.73. The van der Waals surface area contributed by atoms with Gasteiger partial charge in [-0.25, -0.2) is 15.0 Å². The normalized spacial score (nSPS) is 12.6. The summed E-state index contributed by atoms with van der Waals surface area (Å²) >= 11 is 1.70. The van der Waals surface area contributed by atoms with Crippen LogP contribution in [0.5, 0.6) is 0 Å². The summed E-state index contributed by atoms with van der Waals surface area (Å²) in [5.74, 6) is 1.30. The molecule has 11 aromatic carbocycles. The lowest BCUT2D eigenvalue weighted by Crippen LogP contribution is -2.10. The molecule has 71 heavy (non-hydrogen) atoms. The number of aromatic nitrogens is 3. The molecule has 0 fully saturated rings. The van der Waals surface area contributed by atoms with Crippen molar-refractivity contribution in [2.24, 2.45) is 0 Å². The molecule has 3 heterocycles. The molecule has 5 nitrogen and oxygen atoms in total. The van der Waals surface area contributed by atoms with Crippen LogP contribution in [-0.2, 0) is 0 Å². The van der Waals surface area contributed by atoms with Gasteiger partial charge in [0.15, 0.2) is 17.5 Å². The van der Waals surface area contributed by atoms with Crippen LogP contribution in [0, 0.1) is 0 Å². The van der Waals surface area contributed by atoms with Crippen LogP contribution in [0.2, 0.25) is 0 Å². The molecule has 0 saturated carbocycles. The Hall–Kier alpha value is -9.23. The van der Waals surface area contributed by atoms with Gasteiger partial charge in [-0.3, -0.25) is 0 Å². The smallest absolute Gasteiger partial charge is 0.165 e. The quantitative estimate of drug-likeness (QED) is 0.152. The van der Waals surface area contributed by atoms with E-state index in [1.807, 2.05) is 78.9 Å². The second-order valence-electron chi connectivity index (χ2n) is 17.5. The zero-order chi connectivity index (χ0) is 51.2. The van der Waals surface area contributed by atoms with Gasteiger partial charge in [-0.15, -0.1) is 11.3 Å². The van der Waals surface area contributed by atoms with E-state index in [0.29, 0.717) is 40.0 Å². The fraction of sp³-hybridized carbons (Fsp3) is 0. The summed E-state index contributed by atoms with van der Waals surface area (Å²) in [7, 11) is 0. The number of nitrogens with zero attached hydrogens (tertiary/aromatic N) is 4. The molecule has 0 bridgehead atoms. The molecule has 0 N–H and O–H groups in total. The highest BCUT2D eigenvalue weighted by Gasteiger charge is 2.21. The van der Waals surface area contributed by atoms with Crippen molar-refractivity contribution in [2.45, 2.75) is 0 Å². The zero-order valence-corrected chi connectivity index (χ0v) is 38.6. The first-order valence-electron chi connectivity index (χ1n) is 25.9. The van der Waals surface area contributed by atoms with Gasteiger partial charge in [-0.2, -0.15) is 0 Å². The van der Waals surface area contributed by atoms with Gasteiger partial charge in [0, 0.05) is 70.1 Å². The number of para-hydroxylation sites is 2. The standard InChI is InChI=1S/C65H40N4OS/c1-4-17-42(18-5-1)56-40-58-52-35-33-45(39-59(52)70-61(58)53-29-13-12-28-51(53)56)64-66-63(44-21-14-26-48(37-44)69(46-22-6-2-7-23-46)47-24-8-3-9-25-47)67-65(68-64)55-32-16-31-54-57-38-43(34-36-60(57)71-62(54)55)50-30-15-20-41-19-10-11-27-49(41)50/h1-40H/i2D,6D,7D,22D,23D. The third-order valence-corrected chi connectivity index (χ3v) is 14.6. The Balaban J connectivity index is 0.967. The van der Waals surface area contributed by atoms with Crippen molar-refractivity contribution < 1.29 is 11.3 Å². The second kappa shape index (κ2) is 16.8. The number of fused-ring (bicyclic) bond motifs is 9. The van der Waals surface area contributed by atoms with Crippen molar-refractivity contribution in [3.8, 4) is 56.4 Å². The molecule has 0 aliphatic rings. The molecule has 14 aromatic rings. The molecule has 0 radical (unpaired) electrons. The third-order valence-electron chi connectivity index (χ3n) is 13.4. The minimum atomic E-state index is -0.462. The van der Waals surface area contributed by atoms with Gasteiger partial charge in [-0.05, 0) is 111 Å². The summed E-state index contributed by atoms with van der Waals surface area (Å²) in [6.07, 6.45) is 0. The van der Waals surface area contributed by atoms with Crippen molar-refractivity contribution in [3.63, 3.8) is 0 Å². The molecule has 0 saturated heterocycles. The van der Waals surface area contributed by atoms with Gasteiger partial charge < -0.3 is 9.32 Å². The van der Waals surface area contributed by atoms with E-state index in [1.54, 1.807) is 16.2 Å². The number of hydrogen-bond donors (Lipinski definition) is 0. The number of hydrogen-bond acceptors (Lipinski definition) is 6. The molecule has 0 amide bonds. The predicted octanol–water partition coefficient (Wildman–Crippen LogP) is 18.3. The minimum absolute atomic E-state index is 0.0224. The van der Waals surface area contributed by atoms with E-state index in [0.717, 1.165) is 75.1 Å². The lowest BCUT2D eigenvalue weighted by Gasteiger charge is -2.25. The van der Waals surface area contributed by atoms with Crippen LogP contribution in [-0.4, -0.2) is 15.0 Å². The number of anilines is 3. The largest absolute Gasteiger partial charge is 0.455 e. The topological polar surface area (TPSA) is 55.1 Å². The van der Waals surface area contributed by atoms with Gasteiger partial charge in [0.1, 0.15) is 11.2 Å². The summed E-state index contributed by atoms with van der Waals surface area (Å²) in [5.41, 5.74) is 9.45. The van der Waals surface area contributed by atoms with Gasteiger partial charge in [0.25, 0.3) is 0 Å². The van der Waals surface area contributed by atoms with Gasteiger partial charge >= 0.3 is 0 Å². The Bertz CT molecular complexity index is 4640. The Morgan fingerprint density at radius 2 is 1.01 bits per heavy atom. The zero-order valence-electron chi connectivity index (χ0n) is 42.8. The SMILES string of the molecule is [2H]c1c([2H])c([2H])c(N(c2ccccc2)c2cccc(-c3nc(-c4ccc5c(c4)oc4c6ccccc6c(-c6ccccc6)cc54)nc(-c4cccc5c4sc4ccc(-c6cccc7ccccc67)cc45)n3)c2)c([2H])c1[2H]. The van der Waals surface area contributed by atoms with Crippen LogP contribution in [0.3, 0.4) is 0 Å². The van der Waals surface area contributed by atoms with Crippen molar-refractivity contribution in [3.05, 3.63) is 243 Å². The lowest BCUT2D eigenvalue weighted by atomic mass is 9.95. The van der Waals surface area contributed by atoms with E-state index in [2.05, 4.69) is 133 Å². The molecule has 0 spiro atoms. The molecule has 0 aliphatic heterocycles. The fourth-order valence-electron chi connectivity index (χ4n) is 10.1. The van der Waals surface area contributed by atoms with Crippen molar-refractivity contribution in [1.82, 2.24) is 15.0 Å².